The van der Waals surface area contributed by atoms with Gasteiger partial charge >= 0.3 is 0 Å². The number of nitrogens with two attached hydrogens (primary N) is 1. The maximum absolute atomic E-state index is 13.4. The molecule has 156 valence electrons. The number of benzene rings is 1. The highest BCUT2D eigenvalue weighted by molar-refractivity contribution is 7.17. The summed E-state index contributed by atoms with van der Waals surface area (Å²) in [4.78, 5) is 25.7. The Balaban J connectivity index is 1.59. The molecular weight excluding hydrogens is 417 g/mol. The molecule has 31 heavy (non-hydrogen) atoms. The molecule has 2 heterocycles. The van der Waals surface area contributed by atoms with E-state index in [1.54, 1.807) is 24.3 Å². The standard InChI is InChI=1S/C23H18FN3O3S/c24-15-5-3-4-13(10-15)18-9-8-16(30-18)11-14(12-25)22(29)27-23-20(21(26)28)17-6-1-2-7-19(17)31-23/h3-5,8-11H,1-2,6-7H2,(H2,26,28)(H,27,29). The molecule has 0 saturated heterocycles. The van der Waals surface area contributed by atoms with Crippen LogP contribution in [0.3, 0.4) is 0 Å². The van der Waals surface area contributed by atoms with E-state index in [0.717, 1.165) is 36.1 Å². The number of fused-ring (bicyclic) bond motifs is 1. The van der Waals surface area contributed by atoms with Crippen molar-refractivity contribution < 1.29 is 18.4 Å². The summed E-state index contributed by atoms with van der Waals surface area (Å²) in [6, 6.07) is 11.0. The Bertz CT molecular complexity index is 1250. The third-order valence-electron chi connectivity index (χ3n) is 5.03. The van der Waals surface area contributed by atoms with Gasteiger partial charge in [0.2, 0.25) is 0 Å². The summed E-state index contributed by atoms with van der Waals surface area (Å²) in [5.41, 5.74) is 7.13. The molecule has 0 fully saturated rings. The van der Waals surface area contributed by atoms with Crippen molar-refractivity contribution in [2.75, 3.05) is 5.32 Å². The van der Waals surface area contributed by atoms with Crippen LogP contribution in [0.2, 0.25) is 0 Å². The van der Waals surface area contributed by atoms with E-state index < -0.39 is 17.6 Å². The molecule has 1 aromatic carbocycles. The largest absolute Gasteiger partial charge is 0.457 e. The molecule has 2 aromatic heterocycles. The van der Waals surface area contributed by atoms with Gasteiger partial charge in [-0.05, 0) is 55.5 Å². The second-order valence-electron chi connectivity index (χ2n) is 7.12. The lowest BCUT2D eigenvalue weighted by atomic mass is 9.95. The summed E-state index contributed by atoms with van der Waals surface area (Å²) in [5, 5.41) is 12.5. The number of hydrogen-bond donors (Lipinski definition) is 2. The molecular formula is C23H18FN3O3S. The van der Waals surface area contributed by atoms with Gasteiger partial charge in [-0.2, -0.15) is 5.26 Å². The summed E-state index contributed by atoms with van der Waals surface area (Å²) in [6.07, 6.45) is 4.87. The van der Waals surface area contributed by atoms with Crippen LogP contribution in [0.1, 0.15) is 39.4 Å². The van der Waals surface area contributed by atoms with Crippen molar-refractivity contribution in [1.82, 2.24) is 0 Å². The molecule has 3 aromatic rings. The van der Waals surface area contributed by atoms with Crippen LogP contribution in [0.15, 0.2) is 46.4 Å². The molecule has 0 saturated carbocycles. The van der Waals surface area contributed by atoms with E-state index in [1.807, 2.05) is 6.07 Å². The Hall–Kier alpha value is -3.70. The number of carbonyl (C=O) groups excluding carboxylic acids is 2. The van der Waals surface area contributed by atoms with Crippen molar-refractivity contribution in [3.05, 3.63) is 69.6 Å². The number of furan rings is 1. The van der Waals surface area contributed by atoms with Crippen molar-refractivity contribution in [2.45, 2.75) is 25.7 Å². The van der Waals surface area contributed by atoms with E-state index in [1.165, 1.54) is 29.5 Å². The van der Waals surface area contributed by atoms with Crippen LogP contribution in [0.5, 0.6) is 0 Å². The lowest BCUT2D eigenvalue weighted by molar-refractivity contribution is -0.112. The molecule has 0 bridgehead atoms. The number of thiophene rings is 1. The number of primary amides is 1. The molecule has 1 aliphatic rings. The van der Waals surface area contributed by atoms with Crippen molar-refractivity contribution in [2.24, 2.45) is 5.73 Å². The predicted octanol–water partition coefficient (Wildman–Crippen LogP) is 4.67. The van der Waals surface area contributed by atoms with E-state index in [-0.39, 0.29) is 11.3 Å². The highest BCUT2D eigenvalue weighted by Crippen LogP contribution is 2.38. The maximum atomic E-state index is 13.4. The summed E-state index contributed by atoms with van der Waals surface area (Å²) in [6.45, 7) is 0. The van der Waals surface area contributed by atoms with E-state index in [2.05, 4.69) is 5.32 Å². The molecule has 8 heteroatoms. The molecule has 0 unspecified atom stereocenters. The first-order valence-corrected chi connectivity index (χ1v) is 10.5. The lowest BCUT2D eigenvalue weighted by Gasteiger charge is -2.11. The van der Waals surface area contributed by atoms with Crippen molar-refractivity contribution in [3.8, 4) is 17.4 Å². The number of nitrogens with zero attached hydrogens (tertiary/aromatic N) is 1. The van der Waals surface area contributed by atoms with Crippen LogP contribution < -0.4 is 11.1 Å². The minimum absolute atomic E-state index is 0.193. The van der Waals surface area contributed by atoms with Crippen LogP contribution in [-0.2, 0) is 17.6 Å². The third kappa shape index (κ3) is 4.27. The molecule has 4 rings (SSSR count). The van der Waals surface area contributed by atoms with Crippen LogP contribution in [0.4, 0.5) is 9.39 Å². The smallest absolute Gasteiger partial charge is 0.267 e. The van der Waals surface area contributed by atoms with E-state index in [4.69, 9.17) is 10.2 Å². The molecule has 3 N–H and O–H groups in total. The number of carbonyl (C=O) groups is 2. The first-order valence-electron chi connectivity index (χ1n) is 9.69. The first-order chi connectivity index (χ1) is 15.0. The van der Waals surface area contributed by atoms with E-state index in [9.17, 15) is 19.2 Å². The van der Waals surface area contributed by atoms with E-state index >= 15 is 0 Å². The fourth-order valence-electron chi connectivity index (χ4n) is 3.60. The molecule has 2 amide bonds. The highest BCUT2D eigenvalue weighted by atomic mass is 32.1. The molecule has 1 aliphatic carbocycles. The minimum Gasteiger partial charge on any atom is -0.457 e. The van der Waals surface area contributed by atoms with Gasteiger partial charge < -0.3 is 15.5 Å². The quantitative estimate of drug-likeness (QED) is 0.448. The summed E-state index contributed by atoms with van der Waals surface area (Å²) < 4.78 is 19.1. The first kappa shape index (κ1) is 20.6. The predicted molar refractivity (Wildman–Crippen MR) is 116 cm³/mol. The van der Waals surface area contributed by atoms with Gasteiger partial charge in [0.1, 0.15) is 34.0 Å². The van der Waals surface area contributed by atoms with Crippen molar-refractivity contribution in [3.63, 3.8) is 0 Å². The highest BCUT2D eigenvalue weighted by Gasteiger charge is 2.25. The number of amides is 2. The molecule has 6 nitrogen and oxygen atoms in total. The number of hydrogen-bond acceptors (Lipinski definition) is 5. The minimum atomic E-state index is -0.660. The van der Waals surface area contributed by atoms with Gasteiger partial charge in [0.25, 0.3) is 11.8 Å². The second kappa shape index (κ2) is 8.58. The van der Waals surface area contributed by atoms with Gasteiger partial charge in [-0.3, -0.25) is 9.59 Å². The fraction of sp³-hybridized carbons (Fsp3) is 0.174. The molecule has 0 atom stereocenters. The van der Waals surface area contributed by atoms with Crippen molar-refractivity contribution >= 4 is 34.2 Å². The average Bonchev–Trinajstić information content (AvgIpc) is 3.36. The normalized spacial score (nSPS) is 13.4. The Morgan fingerprint density at radius 3 is 2.77 bits per heavy atom. The molecule has 0 radical (unpaired) electrons. The van der Waals surface area contributed by atoms with Gasteiger partial charge in [0.15, 0.2) is 0 Å². The number of nitriles is 1. The topological polar surface area (TPSA) is 109 Å². The lowest BCUT2D eigenvalue weighted by Crippen LogP contribution is -2.19. The SMILES string of the molecule is N#CC(=Cc1ccc(-c2cccc(F)c2)o1)C(=O)Nc1sc2c(c1C(N)=O)CCCC2. The van der Waals surface area contributed by atoms with Gasteiger partial charge in [-0.1, -0.05) is 12.1 Å². The average molecular weight is 435 g/mol. The Morgan fingerprint density at radius 1 is 1.23 bits per heavy atom. The van der Waals surface area contributed by atoms with Crippen LogP contribution in [-0.4, -0.2) is 11.8 Å². The number of anilines is 1. The number of nitrogens with one attached hydrogen (secondary N) is 1. The van der Waals surface area contributed by atoms with Gasteiger partial charge in [-0.25, -0.2) is 4.39 Å². The van der Waals surface area contributed by atoms with Gasteiger partial charge in [-0.15, -0.1) is 11.3 Å². The Kier molecular flexibility index (Phi) is 5.69. The zero-order valence-electron chi connectivity index (χ0n) is 16.4. The van der Waals surface area contributed by atoms with Gasteiger partial charge in [0.05, 0.1) is 5.56 Å². The van der Waals surface area contributed by atoms with Gasteiger partial charge in [0, 0.05) is 16.5 Å². The van der Waals surface area contributed by atoms with Crippen molar-refractivity contribution in [1.29, 1.82) is 5.26 Å². The number of halogens is 1. The maximum Gasteiger partial charge on any atom is 0.267 e. The van der Waals surface area contributed by atoms with E-state index in [0.29, 0.717) is 21.9 Å². The van der Waals surface area contributed by atoms with Crippen LogP contribution in [0, 0.1) is 17.1 Å². The summed E-state index contributed by atoms with van der Waals surface area (Å²) in [7, 11) is 0. The second-order valence-corrected chi connectivity index (χ2v) is 8.22. The van der Waals surface area contributed by atoms with Crippen LogP contribution >= 0.6 is 11.3 Å². The zero-order chi connectivity index (χ0) is 22.0. The summed E-state index contributed by atoms with van der Waals surface area (Å²) in [5.74, 6) is -0.973. The Labute approximate surface area is 181 Å². The molecule has 0 aliphatic heterocycles. The Morgan fingerprint density at radius 2 is 2.03 bits per heavy atom. The zero-order valence-corrected chi connectivity index (χ0v) is 17.2. The summed E-state index contributed by atoms with van der Waals surface area (Å²) >= 11 is 1.33. The third-order valence-corrected chi connectivity index (χ3v) is 6.24. The number of aryl methyl sites for hydroxylation is 1. The molecule has 0 spiro atoms. The van der Waals surface area contributed by atoms with Crippen LogP contribution in [0.25, 0.3) is 17.4 Å². The number of rotatable bonds is 5. The monoisotopic (exact) mass is 435 g/mol. The fourth-order valence-corrected chi connectivity index (χ4v) is 4.89.